The molecule has 15 heavy (non-hydrogen) atoms. The summed E-state index contributed by atoms with van der Waals surface area (Å²) in [6.45, 7) is 0.289. The molecule has 84 valence electrons. The van der Waals surface area contributed by atoms with Crippen LogP contribution in [-0.4, -0.2) is 36.0 Å². The molecule has 7 heteroatoms. The van der Waals surface area contributed by atoms with Gasteiger partial charge >= 0.3 is 0 Å². The number of nitrogens with two attached hydrogens (primary N) is 1. The fraction of sp³-hybridized carbons (Fsp3) is 0.375. The Morgan fingerprint density at radius 2 is 2.33 bits per heavy atom. The topological polar surface area (TPSA) is 97.7 Å². The van der Waals surface area contributed by atoms with E-state index in [0.717, 1.165) is 0 Å². The van der Waals surface area contributed by atoms with Crippen molar-refractivity contribution in [3.05, 3.63) is 24.0 Å². The first-order chi connectivity index (χ1) is 6.94. The standard InChI is InChI=1S/C8H13N3O3S/c1-15(13,14)6-5-11-4-2-3-7(11)8(9)10-12/h2-4,12H,5-6H2,1H3,(H2,9,10). The van der Waals surface area contributed by atoms with Gasteiger partial charge in [0.1, 0.15) is 9.84 Å². The van der Waals surface area contributed by atoms with E-state index < -0.39 is 9.84 Å². The van der Waals surface area contributed by atoms with Crippen LogP contribution in [0.4, 0.5) is 0 Å². The van der Waals surface area contributed by atoms with Crippen LogP contribution in [0.1, 0.15) is 5.69 Å². The van der Waals surface area contributed by atoms with Crippen molar-refractivity contribution < 1.29 is 13.6 Å². The number of nitrogens with zero attached hydrogens (tertiary/aromatic N) is 2. The van der Waals surface area contributed by atoms with Crippen LogP contribution in [0.3, 0.4) is 0 Å². The van der Waals surface area contributed by atoms with Gasteiger partial charge in [-0.2, -0.15) is 0 Å². The summed E-state index contributed by atoms with van der Waals surface area (Å²) in [6.07, 6.45) is 2.85. The van der Waals surface area contributed by atoms with Crippen LogP contribution < -0.4 is 5.73 Å². The molecule has 0 aliphatic carbocycles. The Morgan fingerprint density at radius 3 is 2.87 bits per heavy atom. The van der Waals surface area contributed by atoms with Gasteiger partial charge in [0, 0.05) is 19.0 Å². The van der Waals surface area contributed by atoms with E-state index in [-0.39, 0.29) is 18.1 Å². The van der Waals surface area contributed by atoms with Gasteiger partial charge in [-0.25, -0.2) is 8.42 Å². The van der Waals surface area contributed by atoms with E-state index >= 15 is 0 Å². The molecule has 1 heterocycles. The monoisotopic (exact) mass is 231 g/mol. The van der Waals surface area contributed by atoms with E-state index in [9.17, 15) is 8.42 Å². The van der Waals surface area contributed by atoms with E-state index in [1.165, 1.54) is 6.26 Å². The molecule has 3 N–H and O–H groups in total. The molecule has 0 aliphatic heterocycles. The van der Waals surface area contributed by atoms with Gasteiger partial charge in [0.15, 0.2) is 5.84 Å². The Balaban J connectivity index is 2.83. The average molecular weight is 231 g/mol. The highest BCUT2D eigenvalue weighted by Gasteiger charge is 2.08. The highest BCUT2D eigenvalue weighted by atomic mass is 32.2. The van der Waals surface area contributed by atoms with Crippen LogP contribution in [0.15, 0.2) is 23.5 Å². The number of oxime groups is 1. The van der Waals surface area contributed by atoms with Gasteiger partial charge in [-0.1, -0.05) is 5.16 Å². The Labute approximate surface area is 87.9 Å². The number of aromatic nitrogens is 1. The normalized spacial score (nSPS) is 13.0. The summed E-state index contributed by atoms with van der Waals surface area (Å²) in [6, 6.07) is 3.35. The van der Waals surface area contributed by atoms with Crippen molar-refractivity contribution in [2.45, 2.75) is 6.54 Å². The molecule has 0 unspecified atom stereocenters. The molecule has 0 saturated carbocycles. The van der Waals surface area contributed by atoms with Gasteiger partial charge in [-0.3, -0.25) is 0 Å². The Morgan fingerprint density at radius 1 is 1.67 bits per heavy atom. The van der Waals surface area contributed by atoms with Crippen LogP contribution in [-0.2, 0) is 16.4 Å². The second-order valence-corrected chi connectivity index (χ2v) is 5.46. The maximum absolute atomic E-state index is 11.0. The van der Waals surface area contributed by atoms with Gasteiger partial charge in [-0.15, -0.1) is 0 Å². The molecule has 1 aromatic heterocycles. The predicted molar refractivity (Wildman–Crippen MR) is 56.7 cm³/mol. The van der Waals surface area contributed by atoms with E-state index in [2.05, 4.69) is 5.16 Å². The van der Waals surface area contributed by atoms with Gasteiger partial charge in [-0.05, 0) is 12.1 Å². The van der Waals surface area contributed by atoms with Crippen LogP contribution in [0, 0.1) is 0 Å². The SMILES string of the molecule is CS(=O)(=O)CCn1cccc1/C(N)=N/O. The smallest absolute Gasteiger partial charge is 0.186 e. The number of hydrogen-bond acceptors (Lipinski definition) is 4. The van der Waals surface area contributed by atoms with E-state index in [4.69, 9.17) is 10.9 Å². The lowest BCUT2D eigenvalue weighted by Gasteiger charge is -2.06. The van der Waals surface area contributed by atoms with E-state index in [0.29, 0.717) is 5.69 Å². The molecule has 0 saturated heterocycles. The number of sulfone groups is 1. The third kappa shape index (κ3) is 3.28. The van der Waals surface area contributed by atoms with Gasteiger partial charge in [0.25, 0.3) is 0 Å². The van der Waals surface area contributed by atoms with Crippen molar-refractivity contribution in [2.75, 3.05) is 12.0 Å². The molecule has 0 atom stereocenters. The maximum Gasteiger partial charge on any atom is 0.186 e. The molecule has 0 bridgehead atoms. The van der Waals surface area contributed by atoms with Crippen molar-refractivity contribution in [2.24, 2.45) is 10.9 Å². The maximum atomic E-state index is 11.0. The third-order valence-corrected chi connectivity index (χ3v) is 2.83. The molecule has 0 amide bonds. The van der Waals surface area contributed by atoms with Crippen LogP contribution >= 0.6 is 0 Å². The zero-order valence-corrected chi connectivity index (χ0v) is 9.11. The summed E-state index contributed by atoms with van der Waals surface area (Å²) in [5.41, 5.74) is 5.91. The van der Waals surface area contributed by atoms with E-state index in [1.807, 2.05) is 0 Å². The van der Waals surface area contributed by atoms with Crippen molar-refractivity contribution in [1.82, 2.24) is 4.57 Å². The summed E-state index contributed by atoms with van der Waals surface area (Å²) in [5, 5.41) is 11.4. The van der Waals surface area contributed by atoms with E-state index in [1.54, 1.807) is 22.9 Å². The largest absolute Gasteiger partial charge is 0.409 e. The number of rotatable bonds is 4. The minimum absolute atomic E-state index is 0.0212. The molecular weight excluding hydrogens is 218 g/mol. The summed E-state index contributed by atoms with van der Waals surface area (Å²) in [4.78, 5) is 0. The molecule has 1 aromatic rings. The molecule has 6 nitrogen and oxygen atoms in total. The highest BCUT2D eigenvalue weighted by molar-refractivity contribution is 7.90. The predicted octanol–water partition coefficient (Wildman–Crippen LogP) is -0.373. The van der Waals surface area contributed by atoms with Crippen molar-refractivity contribution >= 4 is 15.7 Å². The first kappa shape index (κ1) is 11.6. The first-order valence-electron chi connectivity index (χ1n) is 4.25. The fourth-order valence-electron chi connectivity index (χ4n) is 1.16. The zero-order chi connectivity index (χ0) is 11.5. The van der Waals surface area contributed by atoms with Gasteiger partial charge in [0.2, 0.25) is 0 Å². The lowest BCUT2D eigenvalue weighted by molar-refractivity contribution is 0.318. The minimum atomic E-state index is -3.01. The second-order valence-electron chi connectivity index (χ2n) is 3.20. The minimum Gasteiger partial charge on any atom is -0.409 e. The quantitative estimate of drug-likeness (QED) is 0.319. The molecule has 0 aliphatic rings. The summed E-state index contributed by atoms with van der Waals surface area (Å²) < 4.78 is 23.5. The van der Waals surface area contributed by atoms with Crippen LogP contribution in [0.25, 0.3) is 0 Å². The molecule has 0 fully saturated rings. The lowest BCUT2D eigenvalue weighted by atomic mass is 10.4. The Bertz CT molecular complexity index is 461. The number of hydrogen-bond donors (Lipinski definition) is 2. The molecule has 1 rings (SSSR count). The molecule has 0 aromatic carbocycles. The zero-order valence-electron chi connectivity index (χ0n) is 8.29. The molecule has 0 spiro atoms. The Hall–Kier alpha value is -1.50. The summed E-state index contributed by atoms with van der Waals surface area (Å²) in [7, 11) is -3.01. The van der Waals surface area contributed by atoms with Crippen molar-refractivity contribution in [1.29, 1.82) is 0 Å². The fourth-order valence-corrected chi connectivity index (χ4v) is 1.69. The number of amidine groups is 1. The highest BCUT2D eigenvalue weighted by Crippen LogP contribution is 2.02. The van der Waals surface area contributed by atoms with Crippen LogP contribution in [0.2, 0.25) is 0 Å². The van der Waals surface area contributed by atoms with Gasteiger partial charge < -0.3 is 15.5 Å². The number of aryl methyl sites for hydroxylation is 1. The second kappa shape index (κ2) is 4.35. The van der Waals surface area contributed by atoms with Crippen LogP contribution in [0.5, 0.6) is 0 Å². The molecular formula is C8H13N3O3S. The average Bonchev–Trinajstić information content (AvgIpc) is 2.60. The third-order valence-electron chi connectivity index (χ3n) is 1.90. The molecule has 0 radical (unpaired) electrons. The summed E-state index contributed by atoms with van der Waals surface area (Å²) >= 11 is 0. The van der Waals surface area contributed by atoms with Crippen molar-refractivity contribution in [3.8, 4) is 0 Å². The Kier molecular flexibility index (Phi) is 3.35. The van der Waals surface area contributed by atoms with Crippen molar-refractivity contribution in [3.63, 3.8) is 0 Å². The first-order valence-corrected chi connectivity index (χ1v) is 6.31. The lowest BCUT2D eigenvalue weighted by Crippen LogP contribution is -2.20. The summed E-state index contributed by atoms with van der Waals surface area (Å²) in [5.74, 6) is -0.0126. The van der Waals surface area contributed by atoms with Gasteiger partial charge in [0.05, 0.1) is 11.4 Å².